The van der Waals surface area contributed by atoms with E-state index in [1.54, 1.807) is 6.07 Å². The number of nitrogens with zero attached hydrogens (tertiary/aromatic N) is 1. The first kappa shape index (κ1) is 17.8. The molecule has 0 radical (unpaired) electrons. The van der Waals surface area contributed by atoms with Crippen LogP contribution in [0.2, 0.25) is 0 Å². The fourth-order valence-electron chi connectivity index (χ4n) is 2.83. The number of hydrogen-bond acceptors (Lipinski definition) is 3. The van der Waals surface area contributed by atoms with Gasteiger partial charge in [-0.1, -0.05) is 30.3 Å². The van der Waals surface area contributed by atoms with E-state index in [2.05, 4.69) is 23.7 Å². The van der Waals surface area contributed by atoms with Gasteiger partial charge in [0.25, 0.3) is 5.91 Å². The maximum absolute atomic E-state index is 12.2. The van der Waals surface area contributed by atoms with Crippen LogP contribution in [0, 0.1) is 13.8 Å². The fraction of sp³-hybridized carbons (Fsp3) is 0.368. The maximum atomic E-state index is 12.2. The second kappa shape index (κ2) is 7.81. The van der Waals surface area contributed by atoms with E-state index in [-0.39, 0.29) is 18.6 Å². The lowest BCUT2D eigenvalue weighted by Gasteiger charge is -2.13. The van der Waals surface area contributed by atoms with Gasteiger partial charge in [-0.05, 0) is 39.3 Å². The zero-order valence-corrected chi connectivity index (χ0v) is 14.6. The zero-order chi connectivity index (χ0) is 17.7. The van der Waals surface area contributed by atoms with Gasteiger partial charge in [0, 0.05) is 24.0 Å². The number of hydrogen-bond donors (Lipinski definition) is 1. The van der Waals surface area contributed by atoms with E-state index in [1.807, 2.05) is 44.2 Å². The Hall–Kier alpha value is -2.56. The van der Waals surface area contributed by atoms with Crippen molar-refractivity contribution in [1.82, 2.24) is 9.88 Å². The van der Waals surface area contributed by atoms with E-state index in [0.717, 1.165) is 17.0 Å². The number of esters is 1. The average Bonchev–Trinajstić information content (AvgIpc) is 2.86. The maximum Gasteiger partial charge on any atom is 0.340 e. The Labute approximate surface area is 142 Å². The lowest BCUT2D eigenvalue weighted by molar-refractivity contribution is -0.124. The minimum Gasteiger partial charge on any atom is -0.452 e. The van der Waals surface area contributed by atoms with E-state index in [9.17, 15) is 9.59 Å². The van der Waals surface area contributed by atoms with Crippen LogP contribution < -0.4 is 5.32 Å². The number of ether oxygens (including phenoxy) is 1. The summed E-state index contributed by atoms with van der Waals surface area (Å²) in [6.45, 7) is 8.10. The summed E-state index contributed by atoms with van der Waals surface area (Å²) >= 11 is 0. The van der Waals surface area contributed by atoms with Gasteiger partial charge < -0.3 is 14.6 Å². The molecule has 1 aromatic heterocycles. The molecule has 2 rings (SSSR count). The van der Waals surface area contributed by atoms with Crippen molar-refractivity contribution in [2.45, 2.75) is 40.3 Å². The summed E-state index contributed by atoms with van der Waals surface area (Å²) in [6, 6.07) is 11.7. The Kier molecular flexibility index (Phi) is 5.79. The third kappa shape index (κ3) is 4.25. The first-order valence-electron chi connectivity index (χ1n) is 8.06. The van der Waals surface area contributed by atoms with Crippen LogP contribution in [0.5, 0.6) is 0 Å². The third-order valence-corrected chi connectivity index (χ3v) is 3.89. The van der Waals surface area contributed by atoms with Gasteiger partial charge in [0.05, 0.1) is 5.56 Å². The van der Waals surface area contributed by atoms with Crippen LogP contribution in [0.3, 0.4) is 0 Å². The standard InChI is InChI=1S/C19H24N2O3/c1-13(2)21-14(3)10-17(15(21)4)19(23)24-12-18(22)20-11-16-8-6-5-7-9-16/h5-10,13H,11-12H2,1-4H3,(H,20,22). The molecule has 0 bridgehead atoms. The zero-order valence-electron chi connectivity index (χ0n) is 14.6. The predicted octanol–water partition coefficient (Wildman–Crippen LogP) is 3.16. The molecule has 2 aromatic rings. The molecule has 5 nitrogen and oxygen atoms in total. The number of nitrogens with one attached hydrogen (secondary N) is 1. The summed E-state index contributed by atoms with van der Waals surface area (Å²) in [6.07, 6.45) is 0. The minimum atomic E-state index is -0.468. The highest BCUT2D eigenvalue weighted by Gasteiger charge is 2.19. The lowest BCUT2D eigenvalue weighted by Crippen LogP contribution is -2.28. The second-order valence-corrected chi connectivity index (χ2v) is 6.09. The number of rotatable bonds is 6. The van der Waals surface area contributed by atoms with Gasteiger partial charge in [0.2, 0.25) is 0 Å². The molecular formula is C19H24N2O3. The monoisotopic (exact) mass is 328 g/mol. The van der Waals surface area contributed by atoms with E-state index in [0.29, 0.717) is 12.1 Å². The largest absolute Gasteiger partial charge is 0.452 e. The molecular weight excluding hydrogens is 304 g/mol. The van der Waals surface area contributed by atoms with Gasteiger partial charge in [-0.15, -0.1) is 0 Å². The molecule has 0 saturated carbocycles. The fourth-order valence-corrected chi connectivity index (χ4v) is 2.83. The Bertz CT molecular complexity index is 718. The summed E-state index contributed by atoms with van der Waals surface area (Å²) in [5.41, 5.74) is 3.37. The smallest absolute Gasteiger partial charge is 0.340 e. The molecule has 0 aliphatic heterocycles. The molecule has 0 aliphatic rings. The lowest BCUT2D eigenvalue weighted by atomic mass is 10.2. The van der Waals surface area contributed by atoms with Crippen molar-refractivity contribution in [3.63, 3.8) is 0 Å². The number of aromatic nitrogens is 1. The van der Waals surface area contributed by atoms with Crippen molar-refractivity contribution >= 4 is 11.9 Å². The average molecular weight is 328 g/mol. The van der Waals surface area contributed by atoms with Gasteiger partial charge >= 0.3 is 5.97 Å². The van der Waals surface area contributed by atoms with Crippen molar-refractivity contribution in [2.24, 2.45) is 0 Å². The molecule has 1 heterocycles. The molecule has 1 N–H and O–H groups in total. The summed E-state index contributed by atoms with van der Waals surface area (Å²) < 4.78 is 7.22. The Morgan fingerprint density at radius 1 is 1.17 bits per heavy atom. The van der Waals surface area contributed by atoms with Gasteiger partial charge in [-0.3, -0.25) is 4.79 Å². The first-order chi connectivity index (χ1) is 11.4. The molecule has 0 fully saturated rings. The van der Waals surface area contributed by atoms with Gasteiger partial charge in [0.1, 0.15) is 0 Å². The van der Waals surface area contributed by atoms with E-state index in [1.165, 1.54) is 0 Å². The van der Waals surface area contributed by atoms with Crippen LogP contribution in [0.1, 0.15) is 47.2 Å². The molecule has 1 amide bonds. The summed E-state index contributed by atoms with van der Waals surface area (Å²) in [7, 11) is 0. The van der Waals surface area contributed by atoms with Gasteiger partial charge in [-0.2, -0.15) is 0 Å². The molecule has 0 atom stereocenters. The van der Waals surface area contributed by atoms with E-state index in [4.69, 9.17) is 4.74 Å². The summed E-state index contributed by atoms with van der Waals surface area (Å²) in [5, 5.41) is 2.73. The highest BCUT2D eigenvalue weighted by atomic mass is 16.5. The molecule has 1 aromatic carbocycles. The van der Waals surface area contributed by atoms with Gasteiger partial charge in [0.15, 0.2) is 6.61 Å². The van der Waals surface area contributed by atoms with Crippen LogP contribution >= 0.6 is 0 Å². The van der Waals surface area contributed by atoms with Crippen molar-refractivity contribution in [2.75, 3.05) is 6.61 Å². The Balaban J connectivity index is 1.89. The molecule has 5 heteroatoms. The Morgan fingerprint density at radius 2 is 1.83 bits per heavy atom. The van der Waals surface area contributed by atoms with Crippen LogP contribution in [0.25, 0.3) is 0 Å². The minimum absolute atomic E-state index is 0.265. The molecule has 24 heavy (non-hydrogen) atoms. The van der Waals surface area contributed by atoms with E-state index < -0.39 is 5.97 Å². The molecule has 128 valence electrons. The quantitative estimate of drug-likeness (QED) is 0.829. The number of benzene rings is 1. The molecule has 0 unspecified atom stereocenters. The normalized spacial score (nSPS) is 10.7. The van der Waals surface area contributed by atoms with Crippen molar-refractivity contribution in [1.29, 1.82) is 0 Å². The number of amides is 1. The molecule has 0 spiro atoms. The summed E-state index contributed by atoms with van der Waals surface area (Å²) in [4.78, 5) is 24.0. The van der Waals surface area contributed by atoms with Crippen LogP contribution in [0.15, 0.2) is 36.4 Å². The highest BCUT2D eigenvalue weighted by molar-refractivity contribution is 5.92. The number of carbonyl (C=O) groups is 2. The van der Waals surface area contributed by atoms with Crippen LogP contribution in [-0.4, -0.2) is 23.1 Å². The SMILES string of the molecule is Cc1cc(C(=O)OCC(=O)NCc2ccccc2)c(C)n1C(C)C. The van der Waals surface area contributed by atoms with E-state index >= 15 is 0 Å². The van der Waals surface area contributed by atoms with Crippen molar-refractivity contribution in [3.05, 3.63) is 58.9 Å². The number of carbonyl (C=O) groups excluding carboxylic acids is 2. The highest BCUT2D eigenvalue weighted by Crippen LogP contribution is 2.20. The summed E-state index contributed by atoms with van der Waals surface area (Å²) in [5.74, 6) is -0.783. The molecule has 0 saturated heterocycles. The van der Waals surface area contributed by atoms with Crippen molar-refractivity contribution in [3.8, 4) is 0 Å². The molecule has 0 aliphatic carbocycles. The van der Waals surface area contributed by atoms with Gasteiger partial charge in [-0.25, -0.2) is 4.79 Å². The first-order valence-corrected chi connectivity index (χ1v) is 8.06. The van der Waals surface area contributed by atoms with Crippen molar-refractivity contribution < 1.29 is 14.3 Å². The van der Waals surface area contributed by atoms with Crippen LogP contribution in [-0.2, 0) is 16.1 Å². The predicted molar refractivity (Wildman–Crippen MR) is 92.9 cm³/mol. The number of aryl methyl sites for hydroxylation is 1. The van der Waals surface area contributed by atoms with Crippen LogP contribution in [0.4, 0.5) is 0 Å². The third-order valence-electron chi connectivity index (χ3n) is 3.89. The Morgan fingerprint density at radius 3 is 2.42 bits per heavy atom. The topological polar surface area (TPSA) is 60.3 Å². The second-order valence-electron chi connectivity index (χ2n) is 6.09.